The Bertz CT molecular complexity index is 495. The van der Waals surface area contributed by atoms with Crippen molar-refractivity contribution in [3.63, 3.8) is 0 Å². The lowest BCUT2D eigenvalue weighted by atomic mass is 9.91. The minimum Gasteiger partial charge on any atom is -0.101 e. The number of benzene rings is 2. The Morgan fingerprint density at radius 2 is 1.11 bits per heavy atom. The van der Waals surface area contributed by atoms with Gasteiger partial charge in [-0.2, -0.15) is 0 Å². The standard InChI is InChI=1S/C15H11Br3/c1-2-15(18,11-3-7-13(16)8-4-11)12-5-9-14(17)10-6-12/h2-10H,1H2. The summed E-state index contributed by atoms with van der Waals surface area (Å²) in [5.74, 6) is 0. The highest BCUT2D eigenvalue weighted by Crippen LogP contribution is 2.40. The maximum atomic E-state index is 3.96. The van der Waals surface area contributed by atoms with E-state index in [9.17, 15) is 0 Å². The Morgan fingerprint density at radius 3 is 1.39 bits per heavy atom. The van der Waals surface area contributed by atoms with Crippen LogP contribution in [0.1, 0.15) is 11.1 Å². The van der Waals surface area contributed by atoms with Crippen molar-refractivity contribution in [2.75, 3.05) is 0 Å². The molecule has 0 atom stereocenters. The third kappa shape index (κ3) is 2.79. The van der Waals surface area contributed by atoms with Gasteiger partial charge < -0.3 is 0 Å². The molecule has 0 fully saturated rings. The molecule has 0 aromatic heterocycles. The molecule has 2 aromatic rings. The van der Waals surface area contributed by atoms with Crippen molar-refractivity contribution in [2.24, 2.45) is 0 Å². The third-order valence-corrected chi connectivity index (χ3v) is 5.11. The van der Waals surface area contributed by atoms with Crippen LogP contribution in [0.5, 0.6) is 0 Å². The summed E-state index contributed by atoms with van der Waals surface area (Å²) in [7, 11) is 0. The van der Waals surface area contributed by atoms with Gasteiger partial charge in [0.15, 0.2) is 0 Å². The zero-order valence-corrected chi connectivity index (χ0v) is 14.3. The normalized spacial score (nSPS) is 11.3. The molecular weight excluding hydrogens is 420 g/mol. The van der Waals surface area contributed by atoms with Gasteiger partial charge >= 0.3 is 0 Å². The van der Waals surface area contributed by atoms with Crippen molar-refractivity contribution >= 4 is 47.8 Å². The lowest BCUT2D eigenvalue weighted by molar-refractivity contribution is 0.964. The minimum atomic E-state index is -0.353. The van der Waals surface area contributed by atoms with Crippen molar-refractivity contribution in [1.29, 1.82) is 0 Å². The molecule has 0 N–H and O–H groups in total. The number of hydrogen-bond donors (Lipinski definition) is 0. The predicted molar refractivity (Wildman–Crippen MR) is 88.2 cm³/mol. The molecule has 92 valence electrons. The van der Waals surface area contributed by atoms with Crippen LogP contribution in [0.2, 0.25) is 0 Å². The Balaban J connectivity index is 2.50. The molecule has 18 heavy (non-hydrogen) atoms. The predicted octanol–water partition coefficient (Wildman–Crippen LogP) is 6.04. The highest BCUT2D eigenvalue weighted by atomic mass is 79.9. The maximum Gasteiger partial charge on any atom is 0.0932 e. The Labute approximate surface area is 132 Å². The van der Waals surface area contributed by atoms with Crippen molar-refractivity contribution in [3.8, 4) is 0 Å². The van der Waals surface area contributed by atoms with Crippen molar-refractivity contribution in [1.82, 2.24) is 0 Å². The summed E-state index contributed by atoms with van der Waals surface area (Å²) >= 11 is 10.7. The van der Waals surface area contributed by atoms with E-state index in [0.29, 0.717) is 0 Å². The van der Waals surface area contributed by atoms with Gasteiger partial charge in [-0.05, 0) is 35.4 Å². The van der Waals surface area contributed by atoms with E-state index in [0.717, 1.165) is 20.1 Å². The van der Waals surface area contributed by atoms with Crippen molar-refractivity contribution < 1.29 is 0 Å². The van der Waals surface area contributed by atoms with Crippen LogP contribution in [-0.2, 0) is 4.32 Å². The number of hydrogen-bond acceptors (Lipinski definition) is 0. The van der Waals surface area contributed by atoms with Gasteiger partial charge in [0.25, 0.3) is 0 Å². The van der Waals surface area contributed by atoms with Crippen LogP contribution in [0.3, 0.4) is 0 Å². The van der Waals surface area contributed by atoms with E-state index in [1.54, 1.807) is 0 Å². The molecule has 2 rings (SSSR count). The fourth-order valence-corrected chi connectivity index (χ4v) is 2.84. The molecule has 0 spiro atoms. The maximum absolute atomic E-state index is 3.96. The molecule has 0 bridgehead atoms. The first kappa shape index (κ1) is 14.0. The van der Waals surface area contributed by atoms with Crippen molar-refractivity contribution in [2.45, 2.75) is 4.32 Å². The molecule has 0 aliphatic heterocycles. The van der Waals surface area contributed by atoms with E-state index in [1.165, 1.54) is 0 Å². The molecule has 0 amide bonds. The molecule has 0 radical (unpaired) electrons. The summed E-state index contributed by atoms with van der Waals surface area (Å²) in [5, 5.41) is 0. The quantitative estimate of drug-likeness (QED) is 0.411. The van der Waals surface area contributed by atoms with Crippen LogP contribution in [0.15, 0.2) is 70.1 Å². The van der Waals surface area contributed by atoms with Gasteiger partial charge in [-0.25, -0.2) is 0 Å². The van der Waals surface area contributed by atoms with Crippen LogP contribution in [-0.4, -0.2) is 0 Å². The number of alkyl halides is 1. The number of allylic oxidation sites excluding steroid dienone is 1. The Kier molecular flexibility index (Phi) is 4.46. The molecule has 0 aliphatic carbocycles. The van der Waals surface area contributed by atoms with Crippen LogP contribution < -0.4 is 0 Å². The van der Waals surface area contributed by atoms with Gasteiger partial charge in [0.1, 0.15) is 0 Å². The fourth-order valence-electron chi connectivity index (χ4n) is 1.79. The van der Waals surface area contributed by atoms with E-state index < -0.39 is 0 Å². The number of rotatable bonds is 3. The van der Waals surface area contributed by atoms with Crippen LogP contribution >= 0.6 is 47.8 Å². The fraction of sp³-hybridized carbons (Fsp3) is 0.0667. The zero-order valence-electron chi connectivity index (χ0n) is 9.54. The molecule has 0 heterocycles. The molecule has 2 aromatic carbocycles. The van der Waals surface area contributed by atoms with Crippen LogP contribution in [0.25, 0.3) is 0 Å². The summed E-state index contributed by atoms with van der Waals surface area (Å²) in [6.07, 6.45) is 1.92. The highest BCUT2D eigenvalue weighted by molar-refractivity contribution is 9.11. The Hall–Kier alpha value is -0.380. The van der Waals surface area contributed by atoms with Gasteiger partial charge in [-0.1, -0.05) is 78.1 Å². The largest absolute Gasteiger partial charge is 0.101 e. The van der Waals surface area contributed by atoms with E-state index in [-0.39, 0.29) is 4.32 Å². The van der Waals surface area contributed by atoms with Crippen molar-refractivity contribution in [3.05, 3.63) is 81.3 Å². The summed E-state index contributed by atoms with van der Waals surface area (Å²) in [5.41, 5.74) is 2.31. The molecule has 0 saturated carbocycles. The molecule has 0 aliphatic rings. The first-order valence-corrected chi connectivity index (χ1v) is 7.79. The second-order valence-corrected chi connectivity index (χ2v) is 7.01. The van der Waals surface area contributed by atoms with E-state index in [1.807, 2.05) is 30.3 Å². The first-order valence-electron chi connectivity index (χ1n) is 5.41. The molecule has 0 unspecified atom stereocenters. The zero-order chi connectivity index (χ0) is 13.2. The van der Waals surface area contributed by atoms with Gasteiger partial charge in [0.05, 0.1) is 4.32 Å². The van der Waals surface area contributed by atoms with E-state index in [4.69, 9.17) is 0 Å². The smallest absolute Gasteiger partial charge is 0.0932 e. The average Bonchev–Trinajstić information content (AvgIpc) is 2.39. The average molecular weight is 431 g/mol. The SMILES string of the molecule is C=CC(Br)(c1ccc(Br)cc1)c1ccc(Br)cc1. The lowest BCUT2D eigenvalue weighted by Gasteiger charge is -2.25. The third-order valence-electron chi connectivity index (χ3n) is 2.81. The summed E-state index contributed by atoms with van der Waals surface area (Å²) < 4.78 is 1.79. The van der Waals surface area contributed by atoms with Crippen LogP contribution in [0.4, 0.5) is 0 Å². The summed E-state index contributed by atoms with van der Waals surface area (Å²) in [4.78, 5) is 0. The molecule has 0 nitrogen and oxygen atoms in total. The highest BCUT2D eigenvalue weighted by Gasteiger charge is 2.27. The molecule has 0 saturated heterocycles. The monoisotopic (exact) mass is 428 g/mol. The number of halogens is 3. The molecular formula is C15H11Br3. The van der Waals surface area contributed by atoms with Gasteiger partial charge in [0.2, 0.25) is 0 Å². The first-order chi connectivity index (χ1) is 8.56. The second kappa shape index (κ2) is 5.72. The van der Waals surface area contributed by atoms with E-state index in [2.05, 4.69) is 78.6 Å². The molecule has 3 heteroatoms. The van der Waals surface area contributed by atoms with Gasteiger partial charge in [-0.3, -0.25) is 0 Å². The second-order valence-electron chi connectivity index (χ2n) is 3.93. The van der Waals surface area contributed by atoms with Crippen LogP contribution in [0, 0.1) is 0 Å². The minimum absolute atomic E-state index is 0.353. The Morgan fingerprint density at radius 1 is 0.778 bits per heavy atom. The topological polar surface area (TPSA) is 0 Å². The van der Waals surface area contributed by atoms with E-state index >= 15 is 0 Å². The summed E-state index contributed by atoms with van der Waals surface area (Å²) in [6.45, 7) is 3.96. The van der Waals surface area contributed by atoms with Gasteiger partial charge in [0, 0.05) is 8.95 Å². The lowest BCUT2D eigenvalue weighted by Crippen LogP contribution is -2.16. The summed E-state index contributed by atoms with van der Waals surface area (Å²) in [6, 6.07) is 16.5. The van der Waals surface area contributed by atoms with Gasteiger partial charge in [-0.15, -0.1) is 6.58 Å².